The fourth-order valence-corrected chi connectivity index (χ4v) is 4.01. The monoisotopic (exact) mass is 441 g/mol. The molecule has 3 rings (SSSR count). The number of likely N-dealkylation sites (tertiary alicyclic amines) is 1. The molecule has 2 aromatic carbocycles. The highest BCUT2D eigenvalue weighted by Gasteiger charge is 2.35. The van der Waals surface area contributed by atoms with E-state index in [4.69, 9.17) is 18.9 Å². The number of rotatable bonds is 10. The molecule has 1 atom stereocenters. The smallest absolute Gasteiger partial charge is 0.328 e. The first kappa shape index (κ1) is 23.4. The maximum absolute atomic E-state index is 13.0. The lowest BCUT2D eigenvalue weighted by atomic mass is 10.1. The molecule has 0 bridgehead atoms. The molecule has 0 spiro atoms. The molecule has 1 amide bonds. The zero-order valence-electron chi connectivity index (χ0n) is 19.0. The number of esters is 1. The lowest BCUT2D eigenvalue weighted by Gasteiger charge is -2.23. The van der Waals surface area contributed by atoms with Crippen LogP contribution in [0.5, 0.6) is 17.2 Å². The molecule has 1 fully saturated rings. The Morgan fingerprint density at radius 1 is 0.969 bits per heavy atom. The minimum absolute atomic E-state index is 0.122. The summed E-state index contributed by atoms with van der Waals surface area (Å²) in [6, 6.07) is 13.1. The zero-order chi connectivity index (χ0) is 22.9. The van der Waals surface area contributed by atoms with Gasteiger partial charge < -0.3 is 23.8 Å². The molecule has 0 unspecified atom stereocenters. The van der Waals surface area contributed by atoms with Crippen LogP contribution in [0, 0.1) is 0 Å². The molecule has 32 heavy (non-hydrogen) atoms. The van der Waals surface area contributed by atoms with Crippen LogP contribution in [0.2, 0.25) is 0 Å². The summed E-state index contributed by atoms with van der Waals surface area (Å²) in [6.45, 7) is 0.895. The van der Waals surface area contributed by atoms with Gasteiger partial charge in [-0.3, -0.25) is 4.79 Å². The Bertz CT molecular complexity index is 889. The molecule has 0 saturated carbocycles. The zero-order valence-corrected chi connectivity index (χ0v) is 19.0. The number of amides is 1. The Hall–Kier alpha value is -3.22. The molecule has 1 aliphatic heterocycles. The van der Waals surface area contributed by atoms with E-state index in [1.165, 1.54) is 26.9 Å². The van der Waals surface area contributed by atoms with Crippen molar-refractivity contribution >= 4 is 11.9 Å². The number of hydrogen-bond acceptors (Lipinski definition) is 6. The van der Waals surface area contributed by atoms with Crippen molar-refractivity contribution in [1.82, 2.24) is 4.90 Å². The molecule has 7 nitrogen and oxygen atoms in total. The Morgan fingerprint density at radius 2 is 1.66 bits per heavy atom. The van der Waals surface area contributed by atoms with Gasteiger partial charge in [0.05, 0.1) is 34.4 Å². The molecular weight excluding hydrogens is 410 g/mol. The average Bonchev–Trinajstić information content (AvgIpc) is 3.32. The molecule has 172 valence electrons. The first-order valence-electron chi connectivity index (χ1n) is 10.9. The van der Waals surface area contributed by atoms with Crippen LogP contribution in [-0.4, -0.2) is 57.3 Å². The van der Waals surface area contributed by atoms with Gasteiger partial charge in [-0.15, -0.1) is 0 Å². The van der Waals surface area contributed by atoms with E-state index in [0.29, 0.717) is 36.8 Å². The minimum Gasteiger partial charge on any atom is -0.493 e. The molecule has 0 aliphatic carbocycles. The number of methoxy groups -OCH3 is 3. The van der Waals surface area contributed by atoms with E-state index in [1.54, 1.807) is 17.0 Å². The van der Waals surface area contributed by atoms with Gasteiger partial charge in [0.2, 0.25) is 11.7 Å². The van der Waals surface area contributed by atoms with Crippen molar-refractivity contribution in [2.45, 2.75) is 38.1 Å². The Morgan fingerprint density at radius 3 is 2.28 bits per heavy atom. The second-order valence-electron chi connectivity index (χ2n) is 7.71. The number of hydrogen-bond donors (Lipinski definition) is 0. The molecule has 0 aromatic heterocycles. The van der Waals surface area contributed by atoms with Crippen LogP contribution in [0.4, 0.5) is 0 Å². The van der Waals surface area contributed by atoms with E-state index in [0.717, 1.165) is 24.8 Å². The number of benzene rings is 2. The molecule has 1 saturated heterocycles. The van der Waals surface area contributed by atoms with E-state index in [1.807, 2.05) is 18.2 Å². The fraction of sp³-hybridized carbons (Fsp3) is 0.440. The average molecular weight is 442 g/mol. The number of carbonyl (C=O) groups is 2. The summed E-state index contributed by atoms with van der Waals surface area (Å²) in [4.78, 5) is 27.3. The highest BCUT2D eigenvalue weighted by Crippen LogP contribution is 2.38. The fourth-order valence-electron chi connectivity index (χ4n) is 4.01. The van der Waals surface area contributed by atoms with Crippen molar-refractivity contribution in [1.29, 1.82) is 0 Å². The van der Waals surface area contributed by atoms with E-state index < -0.39 is 6.04 Å². The summed E-state index contributed by atoms with van der Waals surface area (Å²) in [5, 5.41) is 0. The van der Waals surface area contributed by atoms with Gasteiger partial charge in [0.1, 0.15) is 6.04 Å². The summed E-state index contributed by atoms with van der Waals surface area (Å²) in [5.41, 5.74) is 1.94. The first-order valence-corrected chi connectivity index (χ1v) is 10.9. The van der Waals surface area contributed by atoms with Crippen molar-refractivity contribution in [3.63, 3.8) is 0 Å². The van der Waals surface area contributed by atoms with Crippen LogP contribution >= 0.6 is 0 Å². The summed E-state index contributed by atoms with van der Waals surface area (Å²) < 4.78 is 21.6. The van der Waals surface area contributed by atoms with Crippen molar-refractivity contribution in [3.05, 3.63) is 53.6 Å². The standard InChI is InChI=1S/C25H31NO6/c1-29-21-15-19(16-22(30-2)24(21)31-3)17-23(27)26-13-7-12-20(26)25(28)32-14-8-11-18-9-5-4-6-10-18/h4-6,9-10,15-16,20H,7-8,11-14,17H2,1-3H3/t20-/m0/s1. The maximum Gasteiger partial charge on any atom is 0.328 e. The lowest BCUT2D eigenvalue weighted by Crippen LogP contribution is -2.42. The van der Waals surface area contributed by atoms with Gasteiger partial charge in [-0.2, -0.15) is 0 Å². The van der Waals surface area contributed by atoms with Crippen molar-refractivity contribution in [3.8, 4) is 17.2 Å². The molecule has 1 aliphatic rings. The third-order valence-electron chi connectivity index (χ3n) is 5.62. The van der Waals surface area contributed by atoms with Crippen LogP contribution in [0.1, 0.15) is 30.4 Å². The van der Waals surface area contributed by atoms with E-state index in [9.17, 15) is 9.59 Å². The van der Waals surface area contributed by atoms with E-state index in [2.05, 4.69) is 12.1 Å². The number of nitrogens with zero attached hydrogens (tertiary/aromatic N) is 1. The van der Waals surface area contributed by atoms with Crippen LogP contribution < -0.4 is 14.2 Å². The number of ether oxygens (including phenoxy) is 4. The number of carbonyl (C=O) groups excluding carboxylic acids is 2. The third-order valence-corrected chi connectivity index (χ3v) is 5.62. The topological polar surface area (TPSA) is 74.3 Å². The van der Waals surface area contributed by atoms with Gasteiger partial charge >= 0.3 is 5.97 Å². The van der Waals surface area contributed by atoms with Crippen LogP contribution in [0.25, 0.3) is 0 Å². The van der Waals surface area contributed by atoms with Crippen molar-refractivity contribution in [2.24, 2.45) is 0 Å². The summed E-state index contributed by atoms with van der Waals surface area (Å²) in [7, 11) is 4.60. The van der Waals surface area contributed by atoms with Crippen LogP contribution in [0.15, 0.2) is 42.5 Å². The SMILES string of the molecule is COc1cc(CC(=O)N2CCC[C@H]2C(=O)OCCCc2ccccc2)cc(OC)c1OC. The molecule has 2 aromatic rings. The highest BCUT2D eigenvalue weighted by molar-refractivity contribution is 5.86. The van der Waals surface area contributed by atoms with Crippen LogP contribution in [0.3, 0.4) is 0 Å². The molecule has 0 radical (unpaired) electrons. The molecule has 1 heterocycles. The van der Waals surface area contributed by atoms with E-state index >= 15 is 0 Å². The Kier molecular flexibility index (Phi) is 8.36. The molecule has 0 N–H and O–H groups in total. The predicted octanol–water partition coefficient (Wildman–Crippen LogP) is 3.42. The minimum atomic E-state index is -0.527. The summed E-state index contributed by atoms with van der Waals surface area (Å²) in [5.74, 6) is 1.01. The summed E-state index contributed by atoms with van der Waals surface area (Å²) in [6.07, 6.45) is 3.14. The Balaban J connectivity index is 1.57. The second-order valence-corrected chi connectivity index (χ2v) is 7.71. The van der Waals surface area contributed by atoms with Gasteiger partial charge in [-0.05, 0) is 48.9 Å². The van der Waals surface area contributed by atoms with Gasteiger partial charge in [0.25, 0.3) is 0 Å². The van der Waals surface area contributed by atoms with Crippen molar-refractivity contribution in [2.75, 3.05) is 34.5 Å². The van der Waals surface area contributed by atoms with Gasteiger partial charge in [-0.1, -0.05) is 30.3 Å². The maximum atomic E-state index is 13.0. The lowest BCUT2D eigenvalue weighted by molar-refractivity contribution is -0.153. The van der Waals surface area contributed by atoms with Gasteiger partial charge in [-0.25, -0.2) is 4.79 Å². The number of aryl methyl sites for hydroxylation is 1. The van der Waals surface area contributed by atoms with Gasteiger partial charge in [0, 0.05) is 6.54 Å². The summed E-state index contributed by atoms with van der Waals surface area (Å²) >= 11 is 0. The molecular formula is C25H31NO6. The normalized spacial score (nSPS) is 15.3. The van der Waals surface area contributed by atoms with Crippen molar-refractivity contribution < 1.29 is 28.5 Å². The first-order chi connectivity index (χ1) is 15.6. The third kappa shape index (κ3) is 5.72. The highest BCUT2D eigenvalue weighted by atomic mass is 16.5. The molecule has 7 heteroatoms. The quantitative estimate of drug-likeness (QED) is 0.416. The van der Waals surface area contributed by atoms with E-state index in [-0.39, 0.29) is 18.3 Å². The largest absolute Gasteiger partial charge is 0.493 e. The predicted molar refractivity (Wildman–Crippen MR) is 120 cm³/mol. The second kappa shape index (κ2) is 11.4. The van der Waals surface area contributed by atoms with Gasteiger partial charge in [0.15, 0.2) is 11.5 Å². The van der Waals surface area contributed by atoms with Crippen LogP contribution in [-0.2, 0) is 27.2 Å². The Labute approximate surface area is 189 Å².